The number of thiocarbonyl (C=S) groups is 1. The first-order valence-corrected chi connectivity index (χ1v) is 7.17. The molecule has 0 spiro atoms. The van der Waals surface area contributed by atoms with Crippen LogP contribution in [0.2, 0.25) is 0 Å². The van der Waals surface area contributed by atoms with Crippen LogP contribution in [0.1, 0.15) is 48.2 Å². The third kappa shape index (κ3) is 2.90. The number of carbonyl (C=O) groups is 1. The lowest BCUT2D eigenvalue weighted by molar-refractivity contribution is 0.0907. The first-order valence-electron chi connectivity index (χ1n) is 6.76. The lowest BCUT2D eigenvalue weighted by Gasteiger charge is -2.37. The fourth-order valence-electron chi connectivity index (χ4n) is 2.62. The largest absolute Gasteiger partial charge is 0.391 e. The molecule has 5 nitrogen and oxygen atoms in total. The summed E-state index contributed by atoms with van der Waals surface area (Å²) in [6, 6.07) is 1.41. The topological polar surface area (TPSA) is 88.0 Å². The van der Waals surface area contributed by atoms with Crippen LogP contribution in [0.5, 0.6) is 0 Å². The number of aromatic amines is 1. The number of rotatable bonds is 3. The van der Waals surface area contributed by atoms with E-state index < -0.39 is 11.4 Å². The van der Waals surface area contributed by atoms with E-state index in [-0.39, 0.29) is 11.0 Å². The zero-order valence-corrected chi connectivity index (χ0v) is 12.3. The highest BCUT2D eigenvalue weighted by Crippen LogP contribution is 2.28. The van der Waals surface area contributed by atoms with Gasteiger partial charge in [-0.15, -0.1) is 0 Å². The molecule has 0 radical (unpaired) electrons. The molecule has 1 aromatic rings. The van der Waals surface area contributed by atoms with Gasteiger partial charge in [-0.3, -0.25) is 9.59 Å². The Labute approximate surface area is 123 Å². The molecule has 0 aliphatic heterocycles. The summed E-state index contributed by atoms with van der Waals surface area (Å²) in [5, 5.41) is 2.88. The van der Waals surface area contributed by atoms with Gasteiger partial charge < -0.3 is 16.0 Å². The van der Waals surface area contributed by atoms with Gasteiger partial charge in [0.15, 0.2) is 5.43 Å². The Balaban J connectivity index is 2.24. The van der Waals surface area contributed by atoms with Gasteiger partial charge in [0.05, 0.1) is 10.5 Å². The number of H-pyrrole nitrogens is 1. The van der Waals surface area contributed by atoms with Crippen LogP contribution in [0, 0.1) is 6.92 Å². The third-order valence-corrected chi connectivity index (χ3v) is 4.22. The van der Waals surface area contributed by atoms with Gasteiger partial charge in [0.2, 0.25) is 0 Å². The number of amides is 1. The van der Waals surface area contributed by atoms with Gasteiger partial charge in [0.25, 0.3) is 5.91 Å². The number of aromatic nitrogens is 1. The Morgan fingerprint density at radius 3 is 2.60 bits per heavy atom. The summed E-state index contributed by atoms with van der Waals surface area (Å²) in [5.74, 6) is -0.416. The van der Waals surface area contributed by atoms with Crippen molar-refractivity contribution in [3.05, 3.63) is 33.7 Å². The van der Waals surface area contributed by atoms with Gasteiger partial charge in [0, 0.05) is 18.0 Å². The number of aryl methyl sites for hydroxylation is 1. The lowest BCUT2D eigenvalue weighted by atomic mass is 9.81. The first-order chi connectivity index (χ1) is 9.44. The molecule has 20 heavy (non-hydrogen) atoms. The van der Waals surface area contributed by atoms with Crippen LogP contribution in [0.15, 0.2) is 17.1 Å². The van der Waals surface area contributed by atoms with Crippen molar-refractivity contribution >= 4 is 23.1 Å². The van der Waals surface area contributed by atoms with Crippen LogP contribution in [0.3, 0.4) is 0 Å². The lowest BCUT2D eigenvalue weighted by Crippen LogP contribution is -2.58. The highest BCUT2D eigenvalue weighted by atomic mass is 32.1. The summed E-state index contributed by atoms with van der Waals surface area (Å²) in [7, 11) is 0. The number of nitrogens with two attached hydrogens (primary N) is 1. The molecule has 108 valence electrons. The standard InChI is InChI=1S/C14H19N3O2S/c1-9-7-11(18)10(8-16-9)12(19)17-14(13(15)20)5-3-2-4-6-14/h7-8H,2-6H2,1H3,(H2,15,20)(H,16,18)(H,17,19). The summed E-state index contributed by atoms with van der Waals surface area (Å²) in [5.41, 5.74) is 5.68. The normalized spacial score (nSPS) is 17.4. The second kappa shape index (κ2) is 5.75. The summed E-state index contributed by atoms with van der Waals surface area (Å²) >= 11 is 5.13. The molecule has 0 saturated heterocycles. The van der Waals surface area contributed by atoms with E-state index in [1.54, 1.807) is 6.92 Å². The molecular weight excluding hydrogens is 274 g/mol. The highest BCUT2D eigenvalue weighted by molar-refractivity contribution is 7.80. The van der Waals surface area contributed by atoms with E-state index in [4.69, 9.17) is 18.0 Å². The molecule has 0 bridgehead atoms. The average Bonchev–Trinajstić information content (AvgIpc) is 2.39. The van der Waals surface area contributed by atoms with E-state index in [1.165, 1.54) is 12.3 Å². The quantitative estimate of drug-likeness (QED) is 0.735. The molecule has 1 amide bonds. The van der Waals surface area contributed by atoms with E-state index in [2.05, 4.69) is 10.3 Å². The molecule has 1 fully saturated rings. The molecule has 1 heterocycles. The van der Waals surface area contributed by atoms with Crippen LogP contribution in [-0.4, -0.2) is 21.4 Å². The predicted octanol–water partition coefficient (Wildman–Crippen LogP) is 1.40. The Kier molecular flexibility index (Phi) is 4.23. The zero-order chi connectivity index (χ0) is 14.8. The van der Waals surface area contributed by atoms with Crippen molar-refractivity contribution in [2.24, 2.45) is 5.73 Å². The van der Waals surface area contributed by atoms with Crippen molar-refractivity contribution in [2.45, 2.75) is 44.6 Å². The molecule has 6 heteroatoms. The predicted molar refractivity (Wildman–Crippen MR) is 81.9 cm³/mol. The third-order valence-electron chi connectivity index (χ3n) is 3.83. The van der Waals surface area contributed by atoms with Crippen LogP contribution < -0.4 is 16.5 Å². The summed E-state index contributed by atoms with van der Waals surface area (Å²) in [4.78, 5) is 27.3. The van der Waals surface area contributed by atoms with Gasteiger partial charge >= 0.3 is 0 Å². The van der Waals surface area contributed by atoms with Crippen molar-refractivity contribution in [3.63, 3.8) is 0 Å². The van der Waals surface area contributed by atoms with Crippen molar-refractivity contribution in [2.75, 3.05) is 0 Å². The van der Waals surface area contributed by atoms with E-state index in [0.29, 0.717) is 10.7 Å². The Morgan fingerprint density at radius 1 is 1.40 bits per heavy atom. The smallest absolute Gasteiger partial charge is 0.257 e. The molecule has 1 aromatic heterocycles. The minimum Gasteiger partial charge on any atom is -0.391 e. The second-order valence-corrected chi connectivity index (χ2v) is 5.79. The van der Waals surface area contributed by atoms with Gasteiger partial charge in [-0.25, -0.2) is 0 Å². The molecule has 4 N–H and O–H groups in total. The average molecular weight is 293 g/mol. The maximum atomic E-state index is 12.3. The van der Waals surface area contributed by atoms with Crippen LogP contribution >= 0.6 is 12.2 Å². The first kappa shape index (κ1) is 14.7. The van der Waals surface area contributed by atoms with Crippen LogP contribution in [-0.2, 0) is 0 Å². The highest BCUT2D eigenvalue weighted by Gasteiger charge is 2.37. The molecule has 1 aliphatic rings. The summed E-state index contributed by atoms with van der Waals surface area (Å²) in [6.07, 6.45) is 5.97. The number of carbonyl (C=O) groups excluding carboxylic acids is 1. The number of hydrogen-bond donors (Lipinski definition) is 3. The number of pyridine rings is 1. The zero-order valence-electron chi connectivity index (χ0n) is 11.5. The van der Waals surface area contributed by atoms with Crippen molar-refractivity contribution < 1.29 is 4.79 Å². The maximum absolute atomic E-state index is 12.3. The molecule has 0 aromatic carbocycles. The Morgan fingerprint density at radius 2 is 2.05 bits per heavy atom. The van der Waals surface area contributed by atoms with Gasteiger partial charge in [-0.05, 0) is 19.8 Å². The number of nitrogens with one attached hydrogen (secondary N) is 2. The van der Waals surface area contributed by atoms with Crippen molar-refractivity contribution in [1.82, 2.24) is 10.3 Å². The summed E-state index contributed by atoms with van der Waals surface area (Å²) < 4.78 is 0. The van der Waals surface area contributed by atoms with Gasteiger partial charge in [-0.2, -0.15) is 0 Å². The number of hydrogen-bond acceptors (Lipinski definition) is 3. The Bertz CT molecular complexity index is 588. The van der Waals surface area contributed by atoms with Gasteiger partial charge in [0.1, 0.15) is 5.56 Å². The fourth-order valence-corrected chi connectivity index (χ4v) is 2.88. The minimum absolute atomic E-state index is 0.0943. The van der Waals surface area contributed by atoms with Crippen LogP contribution in [0.25, 0.3) is 0 Å². The van der Waals surface area contributed by atoms with E-state index in [1.807, 2.05) is 0 Å². The molecule has 2 rings (SSSR count). The molecule has 1 aliphatic carbocycles. The fraction of sp³-hybridized carbons (Fsp3) is 0.500. The SMILES string of the molecule is Cc1cc(=O)c(C(=O)NC2(C(N)=S)CCCCC2)c[nH]1. The molecular formula is C14H19N3O2S. The molecule has 1 saturated carbocycles. The Hall–Kier alpha value is -1.69. The van der Waals surface area contributed by atoms with Crippen LogP contribution in [0.4, 0.5) is 0 Å². The van der Waals surface area contributed by atoms with E-state index in [0.717, 1.165) is 32.1 Å². The van der Waals surface area contributed by atoms with E-state index in [9.17, 15) is 9.59 Å². The second-order valence-electron chi connectivity index (χ2n) is 5.36. The monoisotopic (exact) mass is 293 g/mol. The molecule has 0 unspecified atom stereocenters. The van der Waals surface area contributed by atoms with Crippen molar-refractivity contribution in [1.29, 1.82) is 0 Å². The van der Waals surface area contributed by atoms with E-state index >= 15 is 0 Å². The summed E-state index contributed by atoms with van der Waals surface area (Å²) in [6.45, 7) is 1.76. The maximum Gasteiger partial charge on any atom is 0.257 e. The van der Waals surface area contributed by atoms with Gasteiger partial charge in [-0.1, -0.05) is 31.5 Å². The minimum atomic E-state index is -0.651. The molecule has 0 atom stereocenters. The van der Waals surface area contributed by atoms with Crippen molar-refractivity contribution in [3.8, 4) is 0 Å².